The number of nitrogens with one attached hydrogen (secondary N) is 4. The molecular weight excluding hydrogens is 1610 g/mol. The Morgan fingerprint density at radius 1 is 0.464 bits per heavy atom. The third kappa shape index (κ3) is 25.6. The van der Waals surface area contributed by atoms with Crippen LogP contribution in [0.1, 0.15) is 142 Å². The average molecular weight is 1770 g/mol. The predicted molar refractivity (Wildman–Crippen MR) is 481 cm³/mol. The number of carbonyl (C=O) groups is 9. The summed E-state index contributed by atoms with van der Waals surface area (Å²) >= 11 is 0. The number of fused-ring (bicyclic) bond motifs is 5. The summed E-state index contributed by atoms with van der Waals surface area (Å²) in [4.78, 5) is 111. The lowest BCUT2D eigenvalue weighted by molar-refractivity contribution is -0.147. The van der Waals surface area contributed by atoms with Crippen LogP contribution in [0.15, 0.2) is 0 Å². The van der Waals surface area contributed by atoms with Gasteiger partial charge in [0.05, 0.1) is 19.2 Å². The molecule has 6 saturated carbocycles. The Hall–Kier alpha value is -5.14. The predicted octanol–water partition coefficient (Wildman–Crippen LogP) is -1.61. The highest BCUT2D eigenvalue weighted by Crippen LogP contribution is 2.56. The van der Waals surface area contributed by atoms with Crippen LogP contribution in [0, 0.1) is 94.2 Å². The monoisotopic (exact) mass is 1770 g/mol. The maximum atomic E-state index is 12.2. The quantitative estimate of drug-likeness (QED) is 0.0317. The number of nitrogens with two attached hydrogens (primary N) is 8. The van der Waals surface area contributed by atoms with Crippen molar-refractivity contribution in [3.8, 4) is 0 Å². The number of likely N-dealkylation sites (tertiary alicyclic amines) is 3. The Morgan fingerprint density at radius 3 is 1.23 bits per heavy atom. The number of amides is 3. The highest BCUT2D eigenvalue weighted by molar-refractivity contribution is 6.50. The van der Waals surface area contributed by atoms with Crippen molar-refractivity contribution >= 4 is 95.0 Å². The van der Waals surface area contributed by atoms with Crippen LogP contribution in [0.25, 0.3) is 0 Å². The van der Waals surface area contributed by atoms with Gasteiger partial charge in [0.15, 0.2) is 0 Å². The summed E-state index contributed by atoms with van der Waals surface area (Å²) in [5, 5.41) is 136. The first-order valence-electron chi connectivity index (χ1n) is 46.5. The van der Waals surface area contributed by atoms with Crippen LogP contribution >= 0.6 is 0 Å². The number of aliphatic carboxylic acids is 6. The molecule has 0 radical (unpaired) electrons. The summed E-state index contributed by atoms with van der Waals surface area (Å²) in [6.45, 7) is 17.2. The van der Waals surface area contributed by atoms with E-state index in [9.17, 15) is 104 Å². The number of carboxylic acids is 6. The second kappa shape index (κ2) is 46.3. The van der Waals surface area contributed by atoms with Gasteiger partial charge in [0, 0.05) is 57.8 Å². The van der Waals surface area contributed by atoms with Gasteiger partial charge in [-0.2, -0.15) is 0 Å². The molecule has 6 aliphatic heterocycles. The Bertz CT molecular complexity index is 3560. The summed E-state index contributed by atoms with van der Waals surface area (Å²) in [5.41, 5.74) is 41.3. The van der Waals surface area contributed by atoms with E-state index in [-0.39, 0.29) is 133 Å². The molecule has 12 aliphatic rings. The molecule has 3 amide bonds. The van der Waals surface area contributed by atoms with Crippen molar-refractivity contribution in [1.29, 1.82) is 0 Å². The van der Waals surface area contributed by atoms with Crippen molar-refractivity contribution < 1.29 is 109 Å². The molecule has 37 nitrogen and oxygen atoms in total. The largest absolute Gasteiger partial charge is 0.480 e. The first-order valence-corrected chi connectivity index (χ1v) is 46.5. The normalized spacial score (nSPS) is 35.7. The maximum absolute atomic E-state index is 12.2. The molecule has 6 saturated heterocycles. The molecule has 1 spiro atoms. The molecule has 6 heterocycles. The van der Waals surface area contributed by atoms with E-state index in [0.29, 0.717) is 121 Å². The first-order chi connectivity index (χ1) is 58.5. The second-order valence-electron chi connectivity index (χ2n) is 40.4. The summed E-state index contributed by atoms with van der Waals surface area (Å²) in [5.74, 6) is -4.65. The topological polar surface area (TPSA) is 683 Å². The minimum absolute atomic E-state index is 0.0150. The van der Waals surface area contributed by atoms with Crippen LogP contribution < -0.4 is 67.1 Å². The van der Waals surface area contributed by atoms with Gasteiger partial charge in [-0.25, -0.2) is 0 Å². The summed E-state index contributed by atoms with van der Waals surface area (Å²) < 4.78 is 0. The van der Waals surface area contributed by atoms with Crippen molar-refractivity contribution in [3.05, 3.63) is 0 Å². The Morgan fingerprint density at radius 2 is 0.864 bits per heavy atom. The van der Waals surface area contributed by atoms with Crippen molar-refractivity contribution in [2.75, 3.05) is 92.2 Å². The zero-order chi connectivity index (χ0) is 93.4. The van der Waals surface area contributed by atoms with Crippen molar-refractivity contribution in [2.45, 2.75) is 272 Å². The third-order valence-electron chi connectivity index (χ3n) is 31.3. The van der Waals surface area contributed by atoms with Crippen LogP contribution in [-0.4, -0.2) is 319 Å². The summed E-state index contributed by atoms with van der Waals surface area (Å²) in [7, 11) is 1.77. The van der Waals surface area contributed by atoms with Crippen molar-refractivity contribution in [2.24, 2.45) is 140 Å². The van der Waals surface area contributed by atoms with Crippen LogP contribution in [0.5, 0.6) is 0 Å². The van der Waals surface area contributed by atoms with E-state index in [0.717, 1.165) is 135 Å². The minimum atomic E-state index is -1.28. The van der Waals surface area contributed by atoms with Crippen LogP contribution in [0.2, 0.25) is 78.9 Å². The van der Waals surface area contributed by atoms with Gasteiger partial charge < -0.3 is 148 Å². The van der Waals surface area contributed by atoms with E-state index in [1.807, 2.05) is 0 Å². The Labute approximate surface area is 740 Å². The van der Waals surface area contributed by atoms with E-state index in [1.54, 1.807) is 69.6 Å². The number of rotatable bonds is 35. The van der Waals surface area contributed by atoms with Gasteiger partial charge in [0.2, 0.25) is 17.7 Å². The number of aliphatic hydroxyl groups excluding tert-OH is 1. The number of hydrogen-bond donors (Lipinski definition) is 25. The lowest BCUT2D eigenvalue weighted by Gasteiger charge is -2.33. The van der Waals surface area contributed by atoms with Gasteiger partial charge in [0.25, 0.3) is 41.5 Å². The highest BCUT2D eigenvalue weighted by Gasteiger charge is 2.64. The molecular formula is C82H155B6N15O22. The number of carboxylic acid groups (broad SMARTS) is 6. The van der Waals surface area contributed by atoms with Gasteiger partial charge in [0.1, 0.15) is 39.3 Å². The van der Waals surface area contributed by atoms with E-state index in [1.165, 1.54) is 0 Å². The summed E-state index contributed by atoms with van der Waals surface area (Å²) in [6.07, 6.45) is 19.3. The molecule has 43 heteroatoms. The van der Waals surface area contributed by atoms with Gasteiger partial charge in [-0.05, 0) is 263 Å². The fraction of sp³-hybridized carbons (Fsp3) is 0.890. The van der Waals surface area contributed by atoms with E-state index in [2.05, 4.69) is 21.3 Å². The van der Waals surface area contributed by atoms with Crippen LogP contribution in [0.4, 0.5) is 0 Å². The van der Waals surface area contributed by atoms with E-state index >= 15 is 0 Å². The molecule has 708 valence electrons. The third-order valence-corrected chi connectivity index (χ3v) is 31.3. The van der Waals surface area contributed by atoms with Crippen molar-refractivity contribution in [3.63, 3.8) is 0 Å². The van der Waals surface area contributed by atoms with Gasteiger partial charge >= 0.3 is 35.8 Å². The SMILES string of the molecule is CB(O)CCCC1C2CN(C(=O)C(C)N)CC2CC1(N)C(=O)O.CB(O)CCCC1C2CN(C(=O)C(N)CO)CC2CC1(N)C(=O)O.CB(O)CCCC1C2CN(C(=O)CN)CC2CC1(N)C(=O)O.CB(O)CCCC1CC2(CCNC2)CC1(N)C(=O)O.CB(O)CCCC1CC2NCCC2C1(N)C(=O)O.CNC1(C(=O)O)CC2CNCC2C1CCCB(C)O. The zero-order valence-electron chi connectivity index (χ0n) is 75.6. The molecule has 25 unspecified atom stereocenters. The number of aliphatic hydroxyl groups is 1. The summed E-state index contributed by atoms with van der Waals surface area (Å²) in [6, 6.07) is -1.20. The fourth-order valence-electron chi connectivity index (χ4n) is 24.7. The van der Waals surface area contributed by atoms with Crippen LogP contribution in [-0.2, 0) is 43.2 Å². The van der Waals surface area contributed by atoms with Gasteiger partial charge in [-0.1, -0.05) is 79.5 Å². The number of hydrogen-bond acceptors (Lipinski definition) is 28. The number of likely N-dealkylation sites (N-methyl/N-ethyl adjacent to an activating group) is 1. The molecule has 25 atom stereocenters. The molecule has 0 aromatic heterocycles. The van der Waals surface area contributed by atoms with Gasteiger partial charge in [-0.15, -0.1) is 0 Å². The highest BCUT2D eigenvalue weighted by atomic mass is 16.4. The van der Waals surface area contributed by atoms with Gasteiger partial charge in [-0.3, -0.25) is 43.2 Å². The van der Waals surface area contributed by atoms with Crippen molar-refractivity contribution in [1.82, 2.24) is 36.0 Å². The van der Waals surface area contributed by atoms with Crippen LogP contribution in [0.3, 0.4) is 0 Å². The average Bonchev–Trinajstić information content (AvgIpc) is 1.60. The number of carbonyl (C=O) groups excluding carboxylic acids is 3. The maximum Gasteiger partial charge on any atom is 0.324 e. The molecule has 6 aliphatic carbocycles. The number of nitrogens with zero attached hydrogens (tertiary/aromatic N) is 3. The van der Waals surface area contributed by atoms with E-state index in [4.69, 9.17) is 51.0 Å². The van der Waals surface area contributed by atoms with E-state index < -0.39 is 108 Å². The molecule has 0 aromatic carbocycles. The Kier molecular flexibility index (Phi) is 39.6. The molecule has 125 heavy (non-hydrogen) atoms. The first kappa shape index (κ1) is 107. The smallest absolute Gasteiger partial charge is 0.324 e. The standard InChI is InChI=1S/C15H28BN3O5.C15H28BN3O4.C14H26BN3O4.2C13H25BN2O3.C12H23BN2O3/c1-16(24)4-2-3-11-10-7-19(13(21)12(17)8-20)6-9(10)5-15(11,18)14(22)23;1-9(17)13(20)19-7-10-6-15(18,14(21)22)12(11(10)8-19)4-3-5-16(2)23;1-15(22)4-2-3-11-10-8-18(12(19)6-16)7-9(10)5-14(11,17)13(20)21;1-14(19)5-3-4-11-10-8-16-7-9(10)6-13(11,15-2)12(17)18;1-14(19)5-2-3-10-7-12(4-6-16-9-12)8-13(10,15)11(17)18;1-13(18)5-2-3-8-7-10-9(4-6-15-10)12(8,14)11(16)17/h9-12,20,24H,2-8,17-18H2,1H3,(H,22,23);9-12,23H,3-8,17-18H2,1-2H3,(H,21,22);9-11,22H,2-8,16-17H2,1H3,(H,20,21);9-11,15-16,19H,3-8H2,1-2H3,(H,17,18);10,16,19H,2-9,15H2,1H3,(H,17,18);8-10,15,18H,2-7,14H2,1H3,(H,16,17). The lowest BCUT2D eigenvalue weighted by atomic mass is 9.65. The molecule has 0 aromatic rings. The molecule has 12 rings (SSSR count). The second-order valence-corrected chi connectivity index (χ2v) is 40.4. The fourth-order valence-corrected chi connectivity index (χ4v) is 24.7. The molecule has 0 bridgehead atoms. The molecule has 33 N–H and O–H groups in total. The zero-order valence-corrected chi connectivity index (χ0v) is 75.6. The lowest BCUT2D eigenvalue weighted by Crippen LogP contribution is -2.56. The Balaban J connectivity index is 0.000000206. The minimum Gasteiger partial charge on any atom is -0.480 e. The molecule has 12 fully saturated rings.